The summed E-state index contributed by atoms with van der Waals surface area (Å²) in [5, 5.41) is 191. The molecule has 8 aromatic rings. The predicted octanol–water partition coefficient (Wildman–Crippen LogP) is 1.67. The number of fused-ring (bicyclic) bond motifs is 2. The molecule has 1 aliphatic carbocycles. The molecule has 0 amide bonds. The first-order valence-electron chi connectivity index (χ1n) is 26.9. The Labute approximate surface area is 501 Å². The number of carbonyl (C=O) groups excluding carboxylic acids is 2. The van der Waals surface area contributed by atoms with Crippen molar-refractivity contribution in [2.75, 3.05) is 13.2 Å². The molecule has 0 bridgehead atoms. The maximum Gasteiger partial charge on any atom is 0.310 e. The van der Waals surface area contributed by atoms with E-state index >= 15 is 0 Å². The number of hydrogen-bond donors (Lipinski definition) is 18. The molecule has 0 radical (unpaired) electrons. The van der Waals surface area contributed by atoms with E-state index in [9.17, 15) is 111 Å². The molecule has 14 atom stereocenters. The SMILES string of the molecule is O=C(OCC1OC(Oc2c(-c3ccc(O)c(O)c3)oc3cc(O)cc(O)c3c2=O)C(O)C(O)C1O)C1C(C(=O)OCC2OC(Oc3c(-c4ccc(O)c(O)c4)oc4cc(O)cc(O)c4c3=O)C(O)C(O)C2O)C(c2ccc(O)c(O)c2)C1c1ccc(O)c(O)c1. The highest BCUT2D eigenvalue weighted by Crippen LogP contribution is 2.60. The Balaban J connectivity index is 0.893. The maximum absolute atomic E-state index is 14.8. The van der Waals surface area contributed by atoms with Gasteiger partial charge in [-0.05, 0) is 71.8 Å². The summed E-state index contributed by atoms with van der Waals surface area (Å²) in [6.07, 6.45) is -21.4. The molecule has 6 aromatic carbocycles. The van der Waals surface area contributed by atoms with E-state index in [1.54, 1.807) is 0 Å². The van der Waals surface area contributed by atoms with Crippen LogP contribution in [-0.2, 0) is 28.5 Å². The number of ether oxygens (including phenoxy) is 6. The van der Waals surface area contributed by atoms with Crippen LogP contribution in [0.5, 0.6) is 80.5 Å². The van der Waals surface area contributed by atoms with Crippen LogP contribution in [0, 0.1) is 11.8 Å². The first-order valence-corrected chi connectivity index (χ1v) is 26.9. The van der Waals surface area contributed by atoms with E-state index in [1.165, 1.54) is 12.1 Å². The molecular weight excluding hydrogens is 1200 g/mol. The van der Waals surface area contributed by atoms with Crippen molar-refractivity contribution in [1.82, 2.24) is 0 Å². The number of esters is 2. The summed E-state index contributed by atoms with van der Waals surface area (Å²) in [5.41, 5.74) is -3.52. The Hall–Kier alpha value is -10.4. The van der Waals surface area contributed by atoms with Crippen LogP contribution in [0.3, 0.4) is 0 Å². The van der Waals surface area contributed by atoms with Gasteiger partial charge >= 0.3 is 11.9 Å². The van der Waals surface area contributed by atoms with Gasteiger partial charge in [0.15, 0.2) is 57.5 Å². The van der Waals surface area contributed by atoms with Crippen molar-refractivity contribution >= 4 is 33.9 Å². The third-order valence-corrected chi connectivity index (χ3v) is 15.8. The second-order valence-electron chi connectivity index (χ2n) is 21.4. The van der Waals surface area contributed by atoms with Crippen molar-refractivity contribution in [3.63, 3.8) is 0 Å². The van der Waals surface area contributed by atoms with Crippen LogP contribution in [0.15, 0.2) is 115 Å². The number of phenols is 12. The van der Waals surface area contributed by atoms with Crippen molar-refractivity contribution in [3.05, 3.63) is 129 Å². The van der Waals surface area contributed by atoms with Crippen molar-refractivity contribution in [2.24, 2.45) is 11.8 Å². The van der Waals surface area contributed by atoms with Crippen molar-refractivity contribution in [3.8, 4) is 103 Å². The summed E-state index contributed by atoms with van der Waals surface area (Å²) in [7, 11) is 0. The highest BCUT2D eigenvalue weighted by atomic mass is 16.7. The number of aliphatic hydroxyl groups excluding tert-OH is 6. The van der Waals surface area contributed by atoms with E-state index in [-0.39, 0.29) is 22.3 Å². The Bertz CT molecular complexity index is 4000. The molecular formula is C60H52O30. The largest absolute Gasteiger partial charge is 0.508 e. The van der Waals surface area contributed by atoms with Gasteiger partial charge in [-0.2, -0.15) is 0 Å². The molecule has 3 fully saturated rings. The normalized spacial score (nSPS) is 25.7. The Morgan fingerprint density at radius 1 is 0.389 bits per heavy atom. The van der Waals surface area contributed by atoms with Gasteiger partial charge < -0.3 is 129 Å². The Morgan fingerprint density at radius 2 is 0.733 bits per heavy atom. The Morgan fingerprint density at radius 3 is 1.08 bits per heavy atom. The lowest BCUT2D eigenvalue weighted by Crippen LogP contribution is -2.61. The lowest BCUT2D eigenvalue weighted by molar-refractivity contribution is -0.280. The lowest BCUT2D eigenvalue weighted by atomic mass is 9.52. The number of benzene rings is 6. The summed E-state index contributed by atoms with van der Waals surface area (Å²) < 4.78 is 46.3. The minimum absolute atomic E-state index is 0.0244. The van der Waals surface area contributed by atoms with Gasteiger partial charge in [0.05, 0.1) is 11.8 Å². The van der Waals surface area contributed by atoms with Crippen molar-refractivity contribution < 1.29 is 139 Å². The van der Waals surface area contributed by atoms with Crippen LogP contribution >= 0.6 is 0 Å². The smallest absolute Gasteiger partial charge is 0.310 e. The van der Waals surface area contributed by atoms with Gasteiger partial charge in [0, 0.05) is 47.2 Å². The number of phenolic OH excluding ortho intramolecular Hbond substituents is 12. The van der Waals surface area contributed by atoms with E-state index < -0.39 is 235 Å². The standard InChI is InChI=1S/C60H52O30/c61-23-13-33(71)41-35(15-23)85-53(21-3-7-27(65)31(69)11-21)55(47(41)75)89-59-51(79)49(77)45(73)37(87-59)17-83-57(81)43-39(19-1-5-25(63)29(67)9-19)40(20-2-6-26(64)30(68)10-20)44(43)58(82)84-18-38-46(74)50(78)52(80)60(88-38)90-56-48(76)42-34(72)14-24(62)16-36(42)86-54(56)22-4-8-28(66)32(70)12-22/h1-16,37-40,43-46,49-52,59-74,77-80H,17-18H2. The van der Waals surface area contributed by atoms with Gasteiger partial charge in [-0.25, -0.2) is 0 Å². The number of aromatic hydroxyl groups is 12. The highest BCUT2D eigenvalue weighted by molar-refractivity contribution is 5.90. The van der Waals surface area contributed by atoms with Crippen LogP contribution in [0.25, 0.3) is 44.6 Å². The molecule has 30 heteroatoms. The molecule has 18 N–H and O–H groups in total. The van der Waals surface area contributed by atoms with E-state index in [1.807, 2.05) is 0 Å². The first-order chi connectivity index (χ1) is 42.7. The molecule has 2 saturated heterocycles. The van der Waals surface area contributed by atoms with Gasteiger partial charge in [-0.15, -0.1) is 0 Å². The summed E-state index contributed by atoms with van der Waals surface area (Å²) in [4.78, 5) is 57.9. The van der Waals surface area contributed by atoms with Crippen molar-refractivity contribution in [1.29, 1.82) is 0 Å². The second-order valence-corrected chi connectivity index (χ2v) is 21.4. The zero-order valence-electron chi connectivity index (χ0n) is 45.7. The predicted molar refractivity (Wildman–Crippen MR) is 298 cm³/mol. The Kier molecular flexibility index (Phi) is 16.0. The van der Waals surface area contributed by atoms with E-state index in [0.29, 0.717) is 0 Å². The summed E-state index contributed by atoms with van der Waals surface area (Å²) in [5.74, 6) is -19.9. The van der Waals surface area contributed by atoms with Crippen LogP contribution < -0.4 is 20.3 Å². The fourth-order valence-electron chi connectivity index (χ4n) is 11.2. The van der Waals surface area contributed by atoms with Gasteiger partial charge in [-0.3, -0.25) is 19.2 Å². The zero-order chi connectivity index (χ0) is 64.6. The fourth-order valence-corrected chi connectivity index (χ4v) is 11.2. The van der Waals surface area contributed by atoms with Gasteiger partial charge in [-0.1, -0.05) is 12.1 Å². The topological polar surface area (TPSA) is 514 Å². The quantitative estimate of drug-likeness (QED) is 0.0544. The molecule has 30 nitrogen and oxygen atoms in total. The molecule has 11 rings (SSSR count). The van der Waals surface area contributed by atoms with E-state index in [4.69, 9.17) is 37.3 Å². The second kappa shape index (κ2) is 23.6. The van der Waals surface area contributed by atoms with Gasteiger partial charge in [0.2, 0.25) is 34.9 Å². The highest BCUT2D eigenvalue weighted by Gasteiger charge is 2.61. The molecule has 90 heavy (non-hydrogen) atoms. The average molecular weight is 1250 g/mol. The molecule has 1 saturated carbocycles. The number of hydrogen-bond acceptors (Lipinski definition) is 30. The number of aliphatic hydroxyl groups is 6. The molecule has 3 aliphatic rings. The third-order valence-electron chi connectivity index (χ3n) is 15.8. The van der Waals surface area contributed by atoms with E-state index in [0.717, 1.165) is 84.9 Å². The van der Waals surface area contributed by atoms with Crippen molar-refractivity contribution in [2.45, 2.75) is 73.2 Å². The lowest BCUT2D eigenvalue weighted by Gasteiger charge is -2.50. The monoisotopic (exact) mass is 1250 g/mol. The summed E-state index contributed by atoms with van der Waals surface area (Å²) >= 11 is 0. The zero-order valence-corrected chi connectivity index (χ0v) is 45.7. The minimum atomic E-state index is -2.24. The average Bonchev–Trinajstić information content (AvgIpc) is 0.733. The molecule has 14 unspecified atom stereocenters. The van der Waals surface area contributed by atoms with E-state index in [2.05, 4.69) is 0 Å². The van der Waals surface area contributed by atoms with Gasteiger partial charge in [0.25, 0.3) is 0 Å². The molecule has 2 aromatic heterocycles. The first kappa shape index (κ1) is 61.2. The third kappa shape index (κ3) is 11.0. The summed E-state index contributed by atoms with van der Waals surface area (Å²) in [6, 6.07) is 16.2. The molecule has 472 valence electrons. The fraction of sp³-hybridized carbons (Fsp3) is 0.267. The number of carbonyl (C=O) groups is 2. The molecule has 0 spiro atoms. The molecule has 2 aliphatic heterocycles. The summed E-state index contributed by atoms with van der Waals surface area (Å²) in [6.45, 7) is -2.16. The van der Waals surface area contributed by atoms with Crippen LogP contribution in [0.4, 0.5) is 0 Å². The van der Waals surface area contributed by atoms with Crippen LogP contribution in [-0.4, -0.2) is 178 Å². The minimum Gasteiger partial charge on any atom is -0.508 e. The maximum atomic E-state index is 14.8. The number of rotatable bonds is 14. The van der Waals surface area contributed by atoms with Gasteiger partial charge in [0.1, 0.15) is 107 Å². The molecule has 4 heterocycles. The van der Waals surface area contributed by atoms with Crippen LogP contribution in [0.2, 0.25) is 0 Å². The van der Waals surface area contributed by atoms with Crippen LogP contribution in [0.1, 0.15) is 23.0 Å².